The van der Waals surface area contributed by atoms with E-state index in [9.17, 15) is 17.5 Å². The predicted octanol–water partition coefficient (Wildman–Crippen LogP) is 7.59. The molecule has 0 amide bonds. The van der Waals surface area contributed by atoms with Gasteiger partial charge >= 0.3 is 0 Å². The number of anilines is 4. The minimum atomic E-state index is -2.46. The lowest BCUT2D eigenvalue weighted by Gasteiger charge is -2.29. The summed E-state index contributed by atoms with van der Waals surface area (Å²) in [5.74, 6) is 0. The van der Waals surface area contributed by atoms with Gasteiger partial charge in [0.1, 0.15) is 0 Å². The van der Waals surface area contributed by atoms with Gasteiger partial charge in [0, 0.05) is 19.6 Å². The first-order valence-electron chi connectivity index (χ1n) is 13.0. The number of nitrogens with zero attached hydrogens (tertiary/aromatic N) is 3. The predicted molar refractivity (Wildman–Crippen MR) is 169 cm³/mol. The van der Waals surface area contributed by atoms with E-state index < -0.39 is 22.5 Å². The SMILES string of the molecule is CC(C)=CCN(CC=C(C)C)Cc1ccc(N(c2ccc(C)cc2)S(=O)O)c(N(c2ccc(C)cc2)S(=O)O)c1. The van der Waals surface area contributed by atoms with Crippen LogP contribution in [0.5, 0.6) is 0 Å². The van der Waals surface area contributed by atoms with Crippen molar-refractivity contribution in [2.24, 2.45) is 0 Å². The van der Waals surface area contributed by atoms with Crippen LogP contribution in [0.15, 0.2) is 90.0 Å². The third kappa shape index (κ3) is 8.71. The van der Waals surface area contributed by atoms with Crippen LogP contribution in [0, 0.1) is 13.8 Å². The molecule has 9 heteroatoms. The Labute approximate surface area is 243 Å². The van der Waals surface area contributed by atoms with Gasteiger partial charge in [0.2, 0.25) is 0 Å². The number of hydrogen-bond acceptors (Lipinski definition) is 3. The summed E-state index contributed by atoms with van der Waals surface area (Å²) in [4.78, 5) is 2.27. The molecule has 2 N–H and O–H groups in total. The van der Waals surface area contributed by atoms with Gasteiger partial charge < -0.3 is 0 Å². The Morgan fingerprint density at radius 2 is 1.10 bits per heavy atom. The average Bonchev–Trinajstić information content (AvgIpc) is 2.88. The van der Waals surface area contributed by atoms with Gasteiger partial charge in [-0.2, -0.15) is 0 Å². The smallest absolute Gasteiger partial charge is 0.266 e. The highest BCUT2D eigenvalue weighted by Crippen LogP contribution is 2.40. The van der Waals surface area contributed by atoms with Gasteiger partial charge in [0.25, 0.3) is 22.5 Å². The van der Waals surface area contributed by atoms with Gasteiger partial charge in [-0.15, -0.1) is 0 Å². The minimum Gasteiger partial charge on any atom is -0.292 e. The zero-order valence-corrected chi connectivity index (χ0v) is 25.6. The van der Waals surface area contributed by atoms with Crippen molar-refractivity contribution < 1.29 is 17.5 Å². The van der Waals surface area contributed by atoms with Gasteiger partial charge in [0.15, 0.2) is 0 Å². The van der Waals surface area contributed by atoms with Gasteiger partial charge in [-0.05, 0) is 83.5 Å². The summed E-state index contributed by atoms with van der Waals surface area (Å²) in [5, 5.41) is 0. The molecule has 0 spiro atoms. The number of allylic oxidation sites excluding steroid dienone is 2. The van der Waals surface area contributed by atoms with Crippen molar-refractivity contribution in [3.63, 3.8) is 0 Å². The highest BCUT2D eigenvalue weighted by atomic mass is 32.2. The van der Waals surface area contributed by atoms with Crippen LogP contribution in [0.2, 0.25) is 0 Å². The molecule has 2 unspecified atom stereocenters. The standard InChI is InChI=1S/C31H39N3O4S2/c1-23(2)17-19-32(20-18-24(3)4)22-27-11-16-30(33(39(35)36)28-12-7-25(5)8-13-28)31(21-27)34(40(37)38)29-14-9-26(6)10-15-29/h7-18,21H,19-20,22H2,1-6H3,(H,35,36)(H,37,38). The van der Waals surface area contributed by atoms with E-state index in [0.29, 0.717) is 29.3 Å². The highest BCUT2D eigenvalue weighted by molar-refractivity contribution is 7.81. The summed E-state index contributed by atoms with van der Waals surface area (Å²) in [6, 6.07) is 20.0. The van der Waals surface area contributed by atoms with Crippen LogP contribution in [0.3, 0.4) is 0 Å². The molecule has 214 valence electrons. The van der Waals surface area contributed by atoms with Gasteiger partial charge in [0.05, 0.1) is 22.7 Å². The van der Waals surface area contributed by atoms with E-state index in [4.69, 9.17) is 0 Å². The lowest BCUT2D eigenvalue weighted by atomic mass is 10.1. The molecule has 0 saturated heterocycles. The second-order valence-electron chi connectivity index (χ2n) is 10.3. The fraction of sp³-hybridized carbons (Fsp3) is 0.290. The van der Waals surface area contributed by atoms with E-state index in [1.54, 1.807) is 30.3 Å². The van der Waals surface area contributed by atoms with Gasteiger partial charge in [-0.25, -0.2) is 17.0 Å². The van der Waals surface area contributed by atoms with Crippen LogP contribution in [-0.2, 0) is 29.1 Å². The lowest BCUT2D eigenvalue weighted by Crippen LogP contribution is -2.27. The lowest BCUT2D eigenvalue weighted by molar-refractivity contribution is 0.326. The molecule has 0 saturated carbocycles. The third-order valence-corrected chi connectivity index (χ3v) is 7.69. The Hall–Kier alpha value is -3.08. The summed E-state index contributed by atoms with van der Waals surface area (Å²) in [6.45, 7) is 14.2. The number of hydrogen-bond donors (Lipinski definition) is 2. The Kier molecular flexibility index (Phi) is 11.4. The first-order chi connectivity index (χ1) is 19.0. The summed E-state index contributed by atoms with van der Waals surface area (Å²) in [7, 11) is 0. The average molecular weight is 582 g/mol. The molecule has 3 aromatic carbocycles. The molecule has 0 radical (unpaired) electrons. The molecule has 0 fully saturated rings. The summed E-state index contributed by atoms with van der Waals surface area (Å²) >= 11 is -4.90. The van der Waals surface area contributed by atoms with Crippen molar-refractivity contribution in [2.45, 2.75) is 48.1 Å². The molecule has 3 aromatic rings. The number of benzene rings is 3. The third-order valence-electron chi connectivity index (χ3n) is 6.25. The number of rotatable bonds is 12. The van der Waals surface area contributed by atoms with Crippen molar-refractivity contribution in [3.8, 4) is 0 Å². The first-order valence-corrected chi connectivity index (χ1v) is 15.2. The monoisotopic (exact) mass is 581 g/mol. The fourth-order valence-corrected chi connectivity index (χ4v) is 5.32. The van der Waals surface area contributed by atoms with E-state index in [-0.39, 0.29) is 0 Å². The van der Waals surface area contributed by atoms with Crippen LogP contribution in [0.1, 0.15) is 44.4 Å². The molecule has 2 atom stereocenters. The van der Waals surface area contributed by atoms with Crippen molar-refractivity contribution >= 4 is 45.3 Å². The van der Waals surface area contributed by atoms with Crippen molar-refractivity contribution in [2.75, 3.05) is 21.7 Å². The van der Waals surface area contributed by atoms with Crippen LogP contribution >= 0.6 is 0 Å². The molecule has 7 nitrogen and oxygen atoms in total. The Bertz CT molecular complexity index is 1380. The summed E-state index contributed by atoms with van der Waals surface area (Å²) in [6.07, 6.45) is 4.34. The molecule has 0 bridgehead atoms. The Morgan fingerprint density at radius 3 is 1.50 bits per heavy atom. The topological polar surface area (TPSA) is 84.3 Å². The molecule has 0 aromatic heterocycles. The Morgan fingerprint density at radius 1 is 0.675 bits per heavy atom. The van der Waals surface area contributed by atoms with E-state index in [2.05, 4.69) is 44.7 Å². The van der Waals surface area contributed by atoms with E-state index in [1.807, 2.05) is 50.2 Å². The molecule has 0 aliphatic heterocycles. The molecule has 0 heterocycles. The maximum atomic E-state index is 12.9. The summed E-state index contributed by atoms with van der Waals surface area (Å²) < 4.78 is 49.1. The van der Waals surface area contributed by atoms with Crippen LogP contribution in [0.4, 0.5) is 22.7 Å². The largest absolute Gasteiger partial charge is 0.292 e. The summed E-state index contributed by atoms with van der Waals surface area (Å²) in [5.41, 5.74) is 7.01. The van der Waals surface area contributed by atoms with Crippen molar-refractivity contribution in [1.82, 2.24) is 4.90 Å². The fourth-order valence-electron chi connectivity index (χ4n) is 4.07. The van der Waals surface area contributed by atoms with Gasteiger partial charge in [-0.1, -0.05) is 64.8 Å². The first kappa shape index (κ1) is 31.4. The normalized spacial score (nSPS) is 12.5. The zero-order chi connectivity index (χ0) is 29.4. The molecular formula is C31H39N3O4S2. The molecule has 0 aliphatic rings. The zero-order valence-electron chi connectivity index (χ0n) is 24.0. The molecular weight excluding hydrogens is 542 g/mol. The minimum absolute atomic E-state index is 0.330. The molecule has 0 aliphatic carbocycles. The quantitative estimate of drug-likeness (QED) is 0.170. The van der Waals surface area contributed by atoms with Crippen molar-refractivity contribution in [1.29, 1.82) is 0 Å². The van der Waals surface area contributed by atoms with Crippen LogP contribution in [-0.4, -0.2) is 35.5 Å². The molecule has 3 rings (SSSR count). The van der Waals surface area contributed by atoms with E-state index in [0.717, 1.165) is 29.8 Å². The van der Waals surface area contributed by atoms with E-state index >= 15 is 0 Å². The maximum absolute atomic E-state index is 12.9. The van der Waals surface area contributed by atoms with Gasteiger partial charge in [-0.3, -0.25) is 14.0 Å². The van der Waals surface area contributed by atoms with E-state index in [1.165, 1.54) is 19.8 Å². The molecule has 40 heavy (non-hydrogen) atoms. The number of aryl methyl sites for hydroxylation is 2. The van der Waals surface area contributed by atoms with Crippen molar-refractivity contribution in [3.05, 3.63) is 107 Å². The highest BCUT2D eigenvalue weighted by Gasteiger charge is 2.26. The second-order valence-corrected chi connectivity index (χ2v) is 12.0. The van der Waals surface area contributed by atoms with Crippen LogP contribution < -0.4 is 8.61 Å². The maximum Gasteiger partial charge on any atom is 0.266 e. The Balaban J connectivity index is 2.19. The van der Waals surface area contributed by atoms with Crippen LogP contribution in [0.25, 0.3) is 0 Å². The second kappa shape index (κ2) is 14.5.